The van der Waals surface area contributed by atoms with Gasteiger partial charge in [-0.3, -0.25) is 4.79 Å². The summed E-state index contributed by atoms with van der Waals surface area (Å²) in [5, 5.41) is 9.64. The maximum absolute atomic E-state index is 12.5. The molecule has 0 spiro atoms. The number of nitrogens with one attached hydrogen (secondary N) is 1. The first-order valence-corrected chi connectivity index (χ1v) is 9.43. The van der Waals surface area contributed by atoms with Crippen molar-refractivity contribution >= 4 is 27.6 Å². The third-order valence-electron chi connectivity index (χ3n) is 4.91. The number of carbonyl (C=O) groups is 1. The minimum absolute atomic E-state index is 0.0491. The van der Waals surface area contributed by atoms with Gasteiger partial charge in [0.25, 0.3) is 5.91 Å². The van der Waals surface area contributed by atoms with Crippen molar-refractivity contribution in [1.82, 2.24) is 10.5 Å². The molecule has 5 rings (SSSR count). The lowest BCUT2D eigenvalue weighted by Gasteiger charge is -2.03. The molecule has 1 N–H and O–H groups in total. The summed E-state index contributed by atoms with van der Waals surface area (Å²) in [6.45, 7) is 0.127. The quantitative estimate of drug-likeness (QED) is 0.451. The van der Waals surface area contributed by atoms with E-state index < -0.39 is 11.5 Å². The van der Waals surface area contributed by atoms with Crippen LogP contribution in [0.1, 0.15) is 16.1 Å². The van der Waals surface area contributed by atoms with E-state index in [4.69, 9.17) is 8.94 Å². The van der Waals surface area contributed by atoms with Gasteiger partial charge in [-0.15, -0.1) is 0 Å². The second kappa shape index (κ2) is 7.33. The number of para-hydroxylation sites is 1. The second-order valence-corrected chi connectivity index (χ2v) is 6.91. The number of fused-ring (bicyclic) bond motifs is 2. The highest BCUT2D eigenvalue weighted by Crippen LogP contribution is 2.25. The zero-order chi connectivity index (χ0) is 20.5. The first-order valence-electron chi connectivity index (χ1n) is 9.43. The lowest BCUT2D eigenvalue weighted by molar-refractivity contribution is 0.0946. The maximum atomic E-state index is 12.5. The van der Waals surface area contributed by atoms with Gasteiger partial charge in [0, 0.05) is 17.0 Å². The number of benzene rings is 3. The molecule has 30 heavy (non-hydrogen) atoms. The molecule has 0 bridgehead atoms. The number of hydrogen-bond donors (Lipinski definition) is 1. The van der Waals surface area contributed by atoms with Crippen LogP contribution in [0.3, 0.4) is 0 Å². The minimum Gasteiger partial charge on any atom is -0.422 e. The Kier molecular flexibility index (Phi) is 4.37. The Morgan fingerprint density at radius 1 is 0.867 bits per heavy atom. The summed E-state index contributed by atoms with van der Waals surface area (Å²) in [7, 11) is 0. The highest BCUT2D eigenvalue weighted by molar-refractivity contribution is 5.96. The molecule has 0 aliphatic rings. The number of aromatic nitrogens is 1. The summed E-state index contributed by atoms with van der Waals surface area (Å²) in [5.74, 6) is 0.0833. The van der Waals surface area contributed by atoms with Crippen molar-refractivity contribution in [1.29, 1.82) is 0 Å². The minimum atomic E-state index is -0.678. The Balaban J connectivity index is 1.33. The molecule has 2 heterocycles. The molecule has 0 unspecified atom stereocenters. The van der Waals surface area contributed by atoms with Gasteiger partial charge < -0.3 is 14.3 Å². The molecule has 1 amide bonds. The topological polar surface area (TPSA) is 85.3 Å². The van der Waals surface area contributed by atoms with E-state index in [1.54, 1.807) is 24.3 Å². The molecule has 0 saturated carbocycles. The number of amides is 1. The maximum Gasteiger partial charge on any atom is 0.349 e. The number of nitrogens with zero attached hydrogens (tertiary/aromatic N) is 1. The van der Waals surface area contributed by atoms with Crippen molar-refractivity contribution in [2.24, 2.45) is 0 Å². The number of carbonyl (C=O) groups excluding carboxylic acids is 1. The molecule has 3 aromatic carbocycles. The van der Waals surface area contributed by atoms with Crippen LogP contribution in [0.5, 0.6) is 0 Å². The predicted molar refractivity (Wildman–Crippen MR) is 113 cm³/mol. The van der Waals surface area contributed by atoms with E-state index in [0.717, 1.165) is 16.3 Å². The number of rotatable bonds is 4. The Labute approximate surface area is 170 Å². The van der Waals surface area contributed by atoms with Gasteiger partial charge in [0.1, 0.15) is 16.8 Å². The van der Waals surface area contributed by atoms with Gasteiger partial charge in [-0.1, -0.05) is 59.8 Å². The first-order chi connectivity index (χ1) is 14.7. The van der Waals surface area contributed by atoms with Gasteiger partial charge in [0.15, 0.2) is 5.76 Å². The molecule has 146 valence electrons. The Morgan fingerprint density at radius 3 is 2.50 bits per heavy atom. The standard InChI is InChI=1S/C24H16N2O4/c27-23(20-12-17-7-3-4-8-21(17)29-24(20)28)25-14-19-13-22(30-26-19)18-10-9-15-5-1-2-6-16(15)11-18/h1-13H,14H2,(H,25,27). The van der Waals surface area contributed by atoms with Gasteiger partial charge in [-0.05, 0) is 29.0 Å². The first kappa shape index (κ1) is 17.9. The molecule has 0 aliphatic carbocycles. The third-order valence-corrected chi connectivity index (χ3v) is 4.91. The smallest absolute Gasteiger partial charge is 0.349 e. The van der Waals surface area contributed by atoms with E-state index in [-0.39, 0.29) is 12.1 Å². The predicted octanol–water partition coefficient (Wildman–Crippen LogP) is 4.53. The molecule has 0 saturated heterocycles. The normalized spacial score (nSPS) is 11.1. The van der Waals surface area contributed by atoms with Crippen molar-refractivity contribution in [2.75, 3.05) is 0 Å². The zero-order valence-corrected chi connectivity index (χ0v) is 15.8. The van der Waals surface area contributed by atoms with E-state index in [2.05, 4.69) is 10.5 Å². The molecule has 2 aromatic heterocycles. The molecule has 0 aliphatic heterocycles. The van der Waals surface area contributed by atoms with Crippen LogP contribution in [0.25, 0.3) is 33.1 Å². The van der Waals surface area contributed by atoms with Crippen molar-refractivity contribution in [3.63, 3.8) is 0 Å². The number of hydrogen-bond acceptors (Lipinski definition) is 5. The zero-order valence-electron chi connectivity index (χ0n) is 15.8. The molecule has 6 heteroatoms. The van der Waals surface area contributed by atoms with Crippen molar-refractivity contribution in [3.05, 3.63) is 101 Å². The lowest BCUT2D eigenvalue weighted by atomic mass is 10.1. The molecule has 0 atom stereocenters. The van der Waals surface area contributed by atoms with Gasteiger partial charge >= 0.3 is 5.63 Å². The summed E-state index contributed by atoms with van der Waals surface area (Å²) < 4.78 is 10.6. The highest BCUT2D eigenvalue weighted by atomic mass is 16.5. The third kappa shape index (κ3) is 3.35. The summed E-state index contributed by atoms with van der Waals surface area (Å²) in [6, 6.07) is 24.4. The Hall–Kier alpha value is -4.19. The SMILES string of the molecule is O=C(NCc1cc(-c2ccc3ccccc3c2)on1)c1cc2ccccc2oc1=O. The fourth-order valence-electron chi connectivity index (χ4n) is 3.36. The molecular formula is C24H16N2O4. The van der Waals surface area contributed by atoms with Crippen LogP contribution in [-0.2, 0) is 6.54 Å². The van der Waals surface area contributed by atoms with Crippen LogP contribution in [-0.4, -0.2) is 11.1 Å². The van der Waals surface area contributed by atoms with Gasteiger partial charge in [0.05, 0.1) is 6.54 Å². The van der Waals surface area contributed by atoms with Gasteiger partial charge in [0.2, 0.25) is 0 Å². The van der Waals surface area contributed by atoms with Gasteiger partial charge in [-0.25, -0.2) is 4.79 Å². The van der Waals surface area contributed by atoms with Crippen LogP contribution in [0.2, 0.25) is 0 Å². The molecule has 5 aromatic rings. The average molecular weight is 396 g/mol. The fourth-order valence-corrected chi connectivity index (χ4v) is 3.36. The van der Waals surface area contributed by atoms with Crippen LogP contribution in [0, 0.1) is 0 Å². The van der Waals surface area contributed by atoms with Crippen molar-refractivity contribution in [3.8, 4) is 11.3 Å². The average Bonchev–Trinajstić information content (AvgIpc) is 3.26. The molecular weight excluding hydrogens is 380 g/mol. The highest BCUT2D eigenvalue weighted by Gasteiger charge is 2.15. The van der Waals surface area contributed by atoms with E-state index >= 15 is 0 Å². The molecule has 6 nitrogen and oxygen atoms in total. The second-order valence-electron chi connectivity index (χ2n) is 6.91. The fraction of sp³-hybridized carbons (Fsp3) is 0.0417. The van der Waals surface area contributed by atoms with Crippen molar-refractivity contribution < 1.29 is 13.7 Å². The summed E-state index contributed by atoms with van der Waals surface area (Å²) >= 11 is 0. The monoisotopic (exact) mass is 396 g/mol. The van der Waals surface area contributed by atoms with E-state index in [0.29, 0.717) is 22.4 Å². The van der Waals surface area contributed by atoms with E-state index in [1.165, 1.54) is 6.07 Å². The van der Waals surface area contributed by atoms with Gasteiger partial charge in [-0.2, -0.15) is 0 Å². The summed E-state index contributed by atoms with van der Waals surface area (Å²) in [4.78, 5) is 24.6. The Morgan fingerprint density at radius 2 is 1.63 bits per heavy atom. The largest absolute Gasteiger partial charge is 0.422 e. The van der Waals surface area contributed by atoms with Crippen LogP contribution in [0.15, 0.2) is 92.6 Å². The molecule has 0 fully saturated rings. The molecule has 0 radical (unpaired) electrons. The summed E-state index contributed by atoms with van der Waals surface area (Å²) in [5.41, 5.74) is 1.16. The summed E-state index contributed by atoms with van der Waals surface area (Å²) in [6.07, 6.45) is 0. The van der Waals surface area contributed by atoms with E-state index in [1.807, 2.05) is 48.5 Å². The van der Waals surface area contributed by atoms with E-state index in [9.17, 15) is 9.59 Å². The Bertz CT molecular complexity index is 1450. The van der Waals surface area contributed by atoms with Crippen LogP contribution in [0.4, 0.5) is 0 Å². The lowest BCUT2D eigenvalue weighted by Crippen LogP contribution is -2.27. The van der Waals surface area contributed by atoms with Crippen LogP contribution < -0.4 is 10.9 Å². The van der Waals surface area contributed by atoms with Crippen molar-refractivity contribution in [2.45, 2.75) is 6.54 Å². The van der Waals surface area contributed by atoms with Crippen LogP contribution >= 0.6 is 0 Å².